The number of benzene rings is 1. The van der Waals surface area contributed by atoms with Crippen LogP contribution < -0.4 is 0 Å². The van der Waals surface area contributed by atoms with Crippen LogP contribution in [-0.4, -0.2) is 26.5 Å². The van der Waals surface area contributed by atoms with Crippen molar-refractivity contribution in [2.45, 2.75) is 44.1 Å². The third-order valence-corrected chi connectivity index (χ3v) is 5.94. The molecule has 1 unspecified atom stereocenters. The van der Waals surface area contributed by atoms with Crippen LogP contribution in [0.15, 0.2) is 29.2 Å². The molecular weight excluding hydrogens is 272 g/mol. The Kier molecular flexibility index (Phi) is 4.45. The lowest BCUT2D eigenvalue weighted by molar-refractivity contribution is -0.134. The quantitative estimate of drug-likeness (QED) is 0.931. The lowest BCUT2D eigenvalue weighted by Gasteiger charge is -2.42. The highest BCUT2D eigenvalue weighted by Gasteiger charge is 2.45. The number of ketones is 1. The minimum atomic E-state index is -1.24. The molecule has 0 bridgehead atoms. The molecule has 0 aliphatic heterocycles. The molecule has 1 aliphatic rings. The first kappa shape index (κ1) is 15.4. The average molecular weight is 294 g/mol. The molecule has 0 spiro atoms. The van der Waals surface area contributed by atoms with Gasteiger partial charge < -0.3 is 5.11 Å². The summed E-state index contributed by atoms with van der Waals surface area (Å²) >= 11 is 0. The number of aliphatic hydroxyl groups is 1. The molecule has 4 heteroatoms. The van der Waals surface area contributed by atoms with Crippen LogP contribution in [0, 0.1) is 18.8 Å². The molecule has 0 aromatic heterocycles. The number of hydrogen-bond donors (Lipinski definition) is 1. The van der Waals surface area contributed by atoms with Gasteiger partial charge in [-0.1, -0.05) is 31.5 Å². The monoisotopic (exact) mass is 294 g/mol. The maximum Gasteiger partial charge on any atom is 0.133 e. The minimum absolute atomic E-state index is 0.145. The standard InChI is InChI=1S/C16H22O3S/c1-11-4-6-15(7-5-11)20(19)10-16(18)12(2)8-14(17)9-13(16)3/h4-7,12-13,18H,8-10H2,1-3H3/t12-,13+,16?,20-/m1/s1. The number of carbonyl (C=O) groups excluding carboxylic acids is 1. The Hall–Kier alpha value is -1.00. The van der Waals surface area contributed by atoms with Gasteiger partial charge in [-0.15, -0.1) is 0 Å². The zero-order chi connectivity index (χ0) is 14.9. The lowest BCUT2D eigenvalue weighted by atomic mass is 9.70. The van der Waals surface area contributed by atoms with E-state index in [9.17, 15) is 14.1 Å². The minimum Gasteiger partial charge on any atom is -0.388 e. The van der Waals surface area contributed by atoms with E-state index >= 15 is 0 Å². The van der Waals surface area contributed by atoms with Gasteiger partial charge in [-0.3, -0.25) is 9.00 Å². The smallest absolute Gasteiger partial charge is 0.133 e. The van der Waals surface area contributed by atoms with E-state index in [-0.39, 0.29) is 23.4 Å². The molecular formula is C16H22O3S. The first-order chi connectivity index (χ1) is 9.33. The van der Waals surface area contributed by atoms with Crippen molar-refractivity contribution in [3.05, 3.63) is 29.8 Å². The predicted molar refractivity (Wildman–Crippen MR) is 80.0 cm³/mol. The van der Waals surface area contributed by atoms with Crippen molar-refractivity contribution >= 4 is 16.6 Å². The van der Waals surface area contributed by atoms with E-state index in [0.29, 0.717) is 12.8 Å². The molecule has 1 aromatic carbocycles. The fourth-order valence-electron chi connectivity index (χ4n) is 2.87. The normalized spacial score (nSPS) is 32.1. The molecule has 2 rings (SSSR count). The van der Waals surface area contributed by atoms with Crippen molar-refractivity contribution < 1.29 is 14.1 Å². The molecule has 0 radical (unpaired) electrons. The Morgan fingerprint density at radius 2 is 1.70 bits per heavy atom. The number of hydrogen-bond acceptors (Lipinski definition) is 3. The molecule has 4 atom stereocenters. The van der Waals surface area contributed by atoms with Gasteiger partial charge in [0.25, 0.3) is 0 Å². The van der Waals surface area contributed by atoms with E-state index in [1.807, 2.05) is 45.0 Å². The largest absolute Gasteiger partial charge is 0.388 e. The molecule has 0 amide bonds. The van der Waals surface area contributed by atoms with E-state index in [1.54, 1.807) is 0 Å². The van der Waals surface area contributed by atoms with Crippen molar-refractivity contribution in [1.82, 2.24) is 0 Å². The number of Topliss-reactive ketones (excluding diaryl/α,β-unsaturated/α-hetero) is 1. The number of carbonyl (C=O) groups is 1. The second-order valence-corrected chi connectivity index (χ2v) is 7.49. The van der Waals surface area contributed by atoms with Crippen molar-refractivity contribution in [3.8, 4) is 0 Å². The highest BCUT2D eigenvalue weighted by Crippen LogP contribution is 2.37. The molecule has 110 valence electrons. The first-order valence-corrected chi connectivity index (χ1v) is 8.34. The van der Waals surface area contributed by atoms with E-state index < -0.39 is 16.4 Å². The molecule has 1 fully saturated rings. The molecule has 1 aromatic rings. The lowest BCUT2D eigenvalue weighted by Crippen LogP contribution is -2.52. The van der Waals surface area contributed by atoms with E-state index in [4.69, 9.17) is 0 Å². The van der Waals surface area contributed by atoms with Gasteiger partial charge in [-0.25, -0.2) is 0 Å². The van der Waals surface area contributed by atoms with Crippen LogP contribution in [0.1, 0.15) is 32.3 Å². The zero-order valence-corrected chi connectivity index (χ0v) is 13.1. The maximum absolute atomic E-state index is 12.5. The van der Waals surface area contributed by atoms with Crippen molar-refractivity contribution in [3.63, 3.8) is 0 Å². The van der Waals surface area contributed by atoms with Crippen LogP contribution in [0.2, 0.25) is 0 Å². The van der Waals surface area contributed by atoms with Gasteiger partial charge >= 0.3 is 0 Å². The van der Waals surface area contributed by atoms with Crippen LogP contribution >= 0.6 is 0 Å². The fourth-order valence-corrected chi connectivity index (χ4v) is 4.47. The van der Waals surface area contributed by atoms with Gasteiger partial charge in [0, 0.05) is 17.7 Å². The molecule has 0 saturated heterocycles. The molecule has 1 saturated carbocycles. The molecule has 20 heavy (non-hydrogen) atoms. The van der Waals surface area contributed by atoms with Gasteiger partial charge in [-0.05, 0) is 30.9 Å². The van der Waals surface area contributed by atoms with E-state index in [2.05, 4.69) is 0 Å². The van der Waals surface area contributed by atoms with E-state index in [1.165, 1.54) is 0 Å². The summed E-state index contributed by atoms with van der Waals surface area (Å²) in [6, 6.07) is 7.54. The van der Waals surface area contributed by atoms with Crippen molar-refractivity contribution in [2.24, 2.45) is 11.8 Å². The maximum atomic E-state index is 12.5. The fraction of sp³-hybridized carbons (Fsp3) is 0.562. The molecule has 1 N–H and O–H groups in total. The Morgan fingerprint density at radius 3 is 2.20 bits per heavy atom. The van der Waals surface area contributed by atoms with Crippen LogP contribution in [0.4, 0.5) is 0 Å². The highest BCUT2D eigenvalue weighted by atomic mass is 32.2. The Balaban J connectivity index is 2.17. The van der Waals surface area contributed by atoms with E-state index in [0.717, 1.165) is 10.5 Å². The predicted octanol–water partition coefficient (Wildman–Crippen LogP) is 2.47. The third-order valence-electron chi connectivity index (χ3n) is 4.42. The Bertz CT molecular complexity index is 507. The summed E-state index contributed by atoms with van der Waals surface area (Å²) in [5, 5.41) is 10.9. The van der Waals surface area contributed by atoms with Crippen molar-refractivity contribution in [2.75, 3.05) is 5.75 Å². The summed E-state index contributed by atoms with van der Waals surface area (Å²) in [6.45, 7) is 5.73. The SMILES string of the molecule is Cc1ccc([S@](=O)CC2(O)[C@H](C)CC(=O)C[C@@H]2C)cc1. The topological polar surface area (TPSA) is 54.4 Å². The van der Waals surface area contributed by atoms with Gasteiger partial charge in [0.15, 0.2) is 0 Å². The second-order valence-electron chi connectivity index (χ2n) is 6.04. The third kappa shape index (κ3) is 3.01. The van der Waals surface area contributed by atoms with Crippen molar-refractivity contribution in [1.29, 1.82) is 0 Å². The van der Waals surface area contributed by atoms with Gasteiger partial charge in [0.05, 0.1) is 22.2 Å². The number of aryl methyl sites for hydroxylation is 1. The first-order valence-electron chi connectivity index (χ1n) is 7.02. The highest BCUT2D eigenvalue weighted by molar-refractivity contribution is 7.85. The zero-order valence-electron chi connectivity index (χ0n) is 12.3. The summed E-state index contributed by atoms with van der Waals surface area (Å²) in [6.07, 6.45) is 0.762. The van der Waals surface area contributed by atoms with Crippen LogP contribution in [0.25, 0.3) is 0 Å². The van der Waals surface area contributed by atoms with Gasteiger partial charge in [0.1, 0.15) is 5.78 Å². The van der Waals surface area contributed by atoms with Gasteiger partial charge in [-0.2, -0.15) is 0 Å². The summed E-state index contributed by atoms with van der Waals surface area (Å²) < 4.78 is 12.5. The summed E-state index contributed by atoms with van der Waals surface area (Å²) in [5.74, 6) is 0.100. The summed E-state index contributed by atoms with van der Waals surface area (Å²) in [4.78, 5) is 12.3. The van der Waals surface area contributed by atoms with Crippen LogP contribution in [0.5, 0.6) is 0 Å². The van der Waals surface area contributed by atoms with Crippen LogP contribution in [-0.2, 0) is 15.6 Å². The van der Waals surface area contributed by atoms with Crippen LogP contribution in [0.3, 0.4) is 0 Å². The average Bonchev–Trinajstić information content (AvgIpc) is 2.37. The molecule has 3 nitrogen and oxygen atoms in total. The van der Waals surface area contributed by atoms with Gasteiger partial charge in [0.2, 0.25) is 0 Å². The Morgan fingerprint density at radius 1 is 1.20 bits per heavy atom. The second kappa shape index (κ2) is 5.78. The summed E-state index contributed by atoms with van der Waals surface area (Å²) in [7, 11) is -1.24. The molecule has 1 aliphatic carbocycles. The summed E-state index contributed by atoms with van der Waals surface area (Å²) in [5.41, 5.74) is 0.0957. The number of rotatable bonds is 3. The molecule has 0 heterocycles. The Labute approximate surface area is 122 Å².